The lowest BCUT2D eigenvalue weighted by Crippen LogP contribution is -2.24. The van der Waals surface area contributed by atoms with Gasteiger partial charge in [0.25, 0.3) is 0 Å². The molecule has 5 heteroatoms. The first-order valence-corrected chi connectivity index (χ1v) is 12.0. The molecule has 0 spiro atoms. The Hall–Kier alpha value is -3.60. The summed E-state index contributed by atoms with van der Waals surface area (Å²) in [7, 11) is 0. The minimum atomic E-state index is 0.0683. The van der Waals surface area contributed by atoms with Gasteiger partial charge in [-0.3, -0.25) is 4.79 Å². The third kappa shape index (κ3) is 4.56. The Labute approximate surface area is 201 Å². The molecule has 0 bridgehead atoms. The molecule has 1 atom stereocenters. The Kier molecular flexibility index (Phi) is 6.10. The molecule has 0 radical (unpaired) electrons. The van der Waals surface area contributed by atoms with Crippen LogP contribution in [-0.2, 0) is 11.3 Å². The monoisotopic (exact) mass is 453 g/mol. The molecule has 1 aliphatic heterocycles. The summed E-state index contributed by atoms with van der Waals surface area (Å²) in [5, 5.41) is 0. The molecular weight excluding hydrogens is 422 g/mol. The van der Waals surface area contributed by atoms with Crippen LogP contribution in [0.3, 0.4) is 0 Å². The minimum Gasteiger partial charge on any atom is -0.494 e. The second kappa shape index (κ2) is 9.34. The van der Waals surface area contributed by atoms with Gasteiger partial charge in [0.1, 0.15) is 11.6 Å². The van der Waals surface area contributed by atoms with Crippen LogP contribution in [0.4, 0.5) is 5.69 Å². The number of amides is 1. The summed E-state index contributed by atoms with van der Waals surface area (Å²) >= 11 is 0. The highest BCUT2D eigenvalue weighted by Gasteiger charge is 2.35. The SMILES string of the molecule is Cc1ccc(OCCCn2c(C3CC(=O)N(c4cc(C)cc(C)c4)C3)nc3ccccc32)cc1. The maximum atomic E-state index is 13.0. The van der Waals surface area contributed by atoms with E-state index in [1.807, 2.05) is 23.1 Å². The standard InChI is InChI=1S/C29H31N3O2/c1-20-9-11-25(12-10-20)34-14-6-13-31-27-8-5-4-7-26(27)30-29(31)23-18-28(33)32(19-23)24-16-21(2)15-22(3)17-24/h4-5,7-12,15-17,23H,6,13-14,18-19H2,1-3H3. The van der Waals surface area contributed by atoms with E-state index in [4.69, 9.17) is 9.72 Å². The maximum absolute atomic E-state index is 13.0. The van der Waals surface area contributed by atoms with Crippen molar-refractivity contribution >= 4 is 22.6 Å². The number of ether oxygens (including phenoxy) is 1. The fraction of sp³-hybridized carbons (Fsp3) is 0.310. The van der Waals surface area contributed by atoms with E-state index in [-0.39, 0.29) is 11.8 Å². The summed E-state index contributed by atoms with van der Waals surface area (Å²) in [5.41, 5.74) is 6.65. The molecule has 1 aromatic heterocycles. The van der Waals surface area contributed by atoms with Gasteiger partial charge in [0.15, 0.2) is 0 Å². The highest BCUT2D eigenvalue weighted by Crippen LogP contribution is 2.34. The van der Waals surface area contributed by atoms with Crippen LogP contribution in [0, 0.1) is 20.8 Å². The number of carbonyl (C=O) groups excluding carboxylic acids is 1. The number of nitrogens with zero attached hydrogens (tertiary/aromatic N) is 3. The van der Waals surface area contributed by atoms with E-state index in [0.717, 1.165) is 41.3 Å². The summed E-state index contributed by atoms with van der Waals surface area (Å²) in [6.07, 6.45) is 1.35. The molecule has 1 saturated heterocycles. The van der Waals surface area contributed by atoms with E-state index in [1.165, 1.54) is 16.7 Å². The van der Waals surface area contributed by atoms with Crippen LogP contribution in [0.5, 0.6) is 5.75 Å². The Balaban J connectivity index is 1.35. The van der Waals surface area contributed by atoms with Crippen molar-refractivity contribution < 1.29 is 9.53 Å². The summed E-state index contributed by atoms with van der Waals surface area (Å²) < 4.78 is 8.24. The molecule has 5 nitrogen and oxygen atoms in total. The van der Waals surface area contributed by atoms with Crippen molar-refractivity contribution in [3.8, 4) is 5.75 Å². The molecule has 34 heavy (non-hydrogen) atoms. The van der Waals surface area contributed by atoms with Crippen LogP contribution in [0.2, 0.25) is 0 Å². The average molecular weight is 454 g/mol. The Morgan fingerprint density at radius 2 is 1.68 bits per heavy atom. The van der Waals surface area contributed by atoms with E-state index in [9.17, 15) is 4.79 Å². The van der Waals surface area contributed by atoms with Crippen molar-refractivity contribution in [2.24, 2.45) is 0 Å². The number of fused-ring (bicyclic) bond motifs is 1. The lowest BCUT2D eigenvalue weighted by atomic mass is 10.1. The maximum Gasteiger partial charge on any atom is 0.227 e. The zero-order chi connectivity index (χ0) is 23.7. The van der Waals surface area contributed by atoms with Gasteiger partial charge in [-0.25, -0.2) is 4.98 Å². The zero-order valence-electron chi connectivity index (χ0n) is 20.1. The molecule has 5 rings (SSSR count). The number of para-hydroxylation sites is 2. The minimum absolute atomic E-state index is 0.0683. The fourth-order valence-corrected chi connectivity index (χ4v) is 4.92. The molecule has 0 aliphatic carbocycles. The van der Waals surface area contributed by atoms with Crippen LogP contribution in [-0.4, -0.2) is 28.6 Å². The van der Waals surface area contributed by atoms with Crippen molar-refractivity contribution in [2.45, 2.75) is 46.1 Å². The highest BCUT2D eigenvalue weighted by molar-refractivity contribution is 5.96. The van der Waals surface area contributed by atoms with Crippen LogP contribution in [0.1, 0.15) is 41.3 Å². The predicted octanol–water partition coefficient (Wildman–Crippen LogP) is 5.95. The van der Waals surface area contributed by atoms with Crippen molar-refractivity contribution in [3.05, 3.63) is 89.2 Å². The lowest BCUT2D eigenvalue weighted by Gasteiger charge is -2.19. The van der Waals surface area contributed by atoms with Crippen molar-refractivity contribution in [1.29, 1.82) is 0 Å². The van der Waals surface area contributed by atoms with Crippen LogP contribution in [0.25, 0.3) is 11.0 Å². The second-order valence-electron chi connectivity index (χ2n) is 9.38. The Morgan fingerprint density at radius 1 is 0.941 bits per heavy atom. The third-order valence-corrected chi connectivity index (χ3v) is 6.51. The first kappa shape index (κ1) is 22.2. The number of aryl methyl sites for hydroxylation is 4. The predicted molar refractivity (Wildman–Crippen MR) is 137 cm³/mol. The quantitative estimate of drug-likeness (QED) is 0.325. The van der Waals surface area contributed by atoms with Gasteiger partial charge in [-0.05, 0) is 74.7 Å². The van der Waals surface area contributed by atoms with Gasteiger partial charge >= 0.3 is 0 Å². The smallest absolute Gasteiger partial charge is 0.227 e. The van der Waals surface area contributed by atoms with E-state index in [1.54, 1.807) is 0 Å². The molecule has 1 fully saturated rings. The van der Waals surface area contributed by atoms with Gasteiger partial charge in [0.2, 0.25) is 5.91 Å². The Bertz CT molecular complexity index is 1300. The van der Waals surface area contributed by atoms with E-state index in [0.29, 0.717) is 19.6 Å². The zero-order valence-corrected chi connectivity index (χ0v) is 20.1. The van der Waals surface area contributed by atoms with Gasteiger partial charge in [-0.1, -0.05) is 35.9 Å². The second-order valence-corrected chi connectivity index (χ2v) is 9.38. The number of anilines is 1. The number of rotatable bonds is 7. The molecule has 2 heterocycles. The molecule has 0 saturated carbocycles. The molecule has 3 aromatic carbocycles. The number of hydrogen-bond acceptors (Lipinski definition) is 3. The molecule has 0 N–H and O–H groups in total. The number of imidazole rings is 1. The molecular formula is C29H31N3O2. The van der Waals surface area contributed by atoms with Crippen molar-refractivity contribution in [3.63, 3.8) is 0 Å². The summed E-state index contributed by atoms with van der Waals surface area (Å²) in [4.78, 5) is 19.9. The van der Waals surface area contributed by atoms with Gasteiger partial charge < -0.3 is 14.2 Å². The summed E-state index contributed by atoms with van der Waals surface area (Å²) in [6, 6.07) is 22.7. The molecule has 4 aromatic rings. The van der Waals surface area contributed by atoms with Gasteiger partial charge in [0, 0.05) is 31.1 Å². The van der Waals surface area contributed by atoms with E-state index in [2.05, 4.69) is 73.9 Å². The molecule has 1 unspecified atom stereocenters. The topological polar surface area (TPSA) is 47.4 Å². The molecule has 1 amide bonds. The molecule has 1 aliphatic rings. The normalized spacial score (nSPS) is 15.9. The van der Waals surface area contributed by atoms with E-state index < -0.39 is 0 Å². The van der Waals surface area contributed by atoms with Gasteiger partial charge in [-0.15, -0.1) is 0 Å². The Morgan fingerprint density at radius 3 is 2.44 bits per heavy atom. The number of carbonyl (C=O) groups is 1. The number of benzene rings is 3. The van der Waals surface area contributed by atoms with E-state index >= 15 is 0 Å². The van der Waals surface area contributed by atoms with Crippen LogP contribution >= 0.6 is 0 Å². The first-order chi connectivity index (χ1) is 16.5. The number of hydrogen-bond donors (Lipinski definition) is 0. The number of aromatic nitrogens is 2. The largest absolute Gasteiger partial charge is 0.494 e. The fourth-order valence-electron chi connectivity index (χ4n) is 4.92. The average Bonchev–Trinajstić information content (AvgIpc) is 3.38. The van der Waals surface area contributed by atoms with Crippen molar-refractivity contribution in [1.82, 2.24) is 9.55 Å². The summed E-state index contributed by atoms with van der Waals surface area (Å²) in [5.74, 6) is 2.12. The van der Waals surface area contributed by atoms with Gasteiger partial charge in [-0.2, -0.15) is 0 Å². The van der Waals surface area contributed by atoms with Crippen LogP contribution in [0.15, 0.2) is 66.7 Å². The summed E-state index contributed by atoms with van der Waals surface area (Å²) in [6.45, 7) is 8.32. The first-order valence-electron chi connectivity index (χ1n) is 12.0. The highest BCUT2D eigenvalue weighted by atomic mass is 16.5. The third-order valence-electron chi connectivity index (χ3n) is 6.51. The molecule has 174 valence electrons. The van der Waals surface area contributed by atoms with Gasteiger partial charge in [0.05, 0.1) is 17.6 Å². The van der Waals surface area contributed by atoms with Crippen LogP contribution < -0.4 is 9.64 Å². The van der Waals surface area contributed by atoms with Crippen molar-refractivity contribution in [2.75, 3.05) is 18.1 Å². The lowest BCUT2D eigenvalue weighted by molar-refractivity contribution is -0.117.